The number of ether oxygens (including phenoxy) is 2. The normalized spacial score (nSPS) is 13.5. The Labute approximate surface area is 203 Å². The molecule has 0 aliphatic rings. The highest BCUT2D eigenvalue weighted by atomic mass is 35.5. The third-order valence-corrected chi connectivity index (χ3v) is 7.65. The molecule has 0 saturated heterocycles. The molecule has 2 aromatic rings. The second-order valence-electron chi connectivity index (χ2n) is 8.70. The van der Waals surface area contributed by atoms with Gasteiger partial charge in [-0.25, -0.2) is 0 Å². The molecule has 172 valence electrons. The molecule has 2 aromatic carbocycles. The monoisotopic (exact) mass is 482 g/mol. The van der Waals surface area contributed by atoms with E-state index in [-0.39, 0.29) is 10.5 Å². The van der Waals surface area contributed by atoms with Gasteiger partial charge in [-0.15, -0.1) is 35.0 Å². The van der Waals surface area contributed by atoms with Crippen LogP contribution in [0.2, 0.25) is 0 Å². The maximum Gasteiger partial charge on any atom is 0.123 e. The number of halogens is 2. The van der Waals surface area contributed by atoms with Gasteiger partial charge in [-0.2, -0.15) is 0 Å². The Morgan fingerprint density at radius 3 is 1.42 bits per heavy atom. The van der Waals surface area contributed by atoms with E-state index in [1.54, 1.807) is 11.8 Å². The molecular weight excluding hydrogens is 447 g/mol. The molecule has 2 rings (SSSR count). The van der Waals surface area contributed by atoms with Crippen LogP contribution in [0.15, 0.2) is 36.4 Å². The molecular formula is C26H36Cl2O2S. The first-order valence-electron chi connectivity index (χ1n) is 11.0. The summed E-state index contributed by atoms with van der Waals surface area (Å²) in [6.45, 7) is 14.0. The summed E-state index contributed by atoms with van der Waals surface area (Å²) in [6.07, 6.45) is 0. The third-order valence-electron chi connectivity index (χ3n) is 5.16. The van der Waals surface area contributed by atoms with Gasteiger partial charge in [-0.3, -0.25) is 0 Å². The highest BCUT2D eigenvalue weighted by Crippen LogP contribution is 2.31. The first kappa shape index (κ1) is 26.2. The Bertz CT molecular complexity index is 756. The number of thioether (sulfide) groups is 1. The molecule has 0 fully saturated rings. The van der Waals surface area contributed by atoms with E-state index < -0.39 is 0 Å². The highest BCUT2D eigenvalue weighted by Gasteiger charge is 2.20. The molecule has 0 aromatic heterocycles. The van der Waals surface area contributed by atoms with Gasteiger partial charge in [-0.05, 0) is 60.1 Å². The molecule has 2 nitrogen and oxygen atoms in total. The zero-order chi connectivity index (χ0) is 23.0. The molecule has 0 saturated carbocycles. The number of rotatable bonds is 12. The largest absolute Gasteiger partial charge is 0.492 e. The smallest absolute Gasteiger partial charge is 0.123 e. The molecule has 0 radical (unpaired) electrons. The third kappa shape index (κ3) is 8.11. The van der Waals surface area contributed by atoms with Crippen molar-refractivity contribution in [2.45, 2.75) is 63.9 Å². The molecule has 5 heteroatoms. The van der Waals surface area contributed by atoms with Crippen LogP contribution < -0.4 is 9.47 Å². The zero-order valence-electron chi connectivity index (χ0n) is 19.6. The van der Waals surface area contributed by atoms with Crippen LogP contribution in [0.4, 0.5) is 0 Å². The Hall–Kier alpha value is -1.03. The lowest BCUT2D eigenvalue weighted by molar-refractivity contribution is 0.311. The fourth-order valence-electron chi connectivity index (χ4n) is 3.37. The molecule has 0 bridgehead atoms. The van der Waals surface area contributed by atoms with E-state index >= 15 is 0 Å². The topological polar surface area (TPSA) is 18.5 Å². The standard InChI is InChI=1S/C26H36Cl2O2S/c1-17(2)23-9-7-19(5)11-25(23)29-15-21(13-27)31-22(14-28)16-30-26-12-20(6)8-10-24(26)18(3)4/h7-12,17-18,21-22H,13-16H2,1-6H3/t21-,22-/m0/s1. The van der Waals surface area contributed by atoms with Crippen LogP contribution >= 0.6 is 35.0 Å². The van der Waals surface area contributed by atoms with Crippen LogP contribution in [0, 0.1) is 13.8 Å². The second kappa shape index (κ2) is 12.9. The number of hydrogen-bond acceptors (Lipinski definition) is 3. The van der Waals surface area contributed by atoms with Crippen LogP contribution in [0.1, 0.15) is 61.8 Å². The summed E-state index contributed by atoms with van der Waals surface area (Å²) in [5.74, 6) is 3.72. The summed E-state index contributed by atoms with van der Waals surface area (Å²) in [5, 5.41) is 0.272. The SMILES string of the molecule is Cc1ccc(C(C)C)c(OC[C@H](CCl)S[C@@H](CCl)COc2cc(C)ccc2C(C)C)c1. The van der Waals surface area contributed by atoms with Gasteiger partial charge in [0.1, 0.15) is 24.7 Å². The Balaban J connectivity index is 1.99. The van der Waals surface area contributed by atoms with Crippen molar-refractivity contribution in [3.8, 4) is 11.5 Å². The van der Waals surface area contributed by atoms with E-state index in [1.807, 2.05) is 0 Å². The number of aryl methyl sites for hydroxylation is 2. The van der Waals surface area contributed by atoms with Crippen LogP contribution in [0.5, 0.6) is 11.5 Å². The van der Waals surface area contributed by atoms with Crippen molar-refractivity contribution in [3.05, 3.63) is 58.7 Å². The van der Waals surface area contributed by atoms with Gasteiger partial charge >= 0.3 is 0 Å². The highest BCUT2D eigenvalue weighted by molar-refractivity contribution is 8.00. The maximum atomic E-state index is 6.29. The molecule has 2 atom stereocenters. The molecule has 31 heavy (non-hydrogen) atoms. The second-order valence-corrected chi connectivity index (χ2v) is 10.9. The van der Waals surface area contributed by atoms with Crippen molar-refractivity contribution >= 4 is 35.0 Å². The van der Waals surface area contributed by atoms with Gasteiger partial charge < -0.3 is 9.47 Å². The lowest BCUT2D eigenvalue weighted by Crippen LogP contribution is -2.25. The van der Waals surface area contributed by atoms with Gasteiger partial charge in [-0.1, -0.05) is 52.0 Å². The van der Waals surface area contributed by atoms with E-state index in [0.29, 0.717) is 36.8 Å². The van der Waals surface area contributed by atoms with Crippen molar-refractivity contribution < 1.29 is 9.47 Å². The summed E-state index contributed by atoms with van der Waals surface area (Å²) in [5.41, 5.74) is 4.84. The molecule has 0 heterocycles. The molecule has 0 aliphatic carbocycles. The average molecular weight is 484 g/mol. The van der Waals surface area contributed by atoms with E-state index in [1.165, 1.54) is 22.3 Å². The minimum atomic E-state index is 0.136. The fourth-order valence-corrected chi connectivity index (χ4v) is 4.96. The summed E-state index contributed by atoms with van der Waals surface area (Å²) in [6, 6.07) is 12.8. The first-order valence-corrected chi connectivity index (χ1v) is 13.0. The van der Waals surface area contributed by atoms with Gasteiger partial charge in [0.05, 0.1) is 10.5 Å². The van der Waals surface area contributed by atoms with Gasteiger partial charge in [0.15, 0.2) is 0 Å². The first-order chi connectivity index (χ1) is 14.7. The quantitative estimate of drug-likeness (QED) is 0.285. The summed E-state index contributed by atoms with van der Waals surface area (Å²) < 4.78 is 12.4. The maximum absolute atomic E-state index is 6.29. The molecule has 0 N–H and O–H groups in total. The minimum absolute atomic E-state index is 0.136. The van der Waals surface area contributed by atoms with E-state index in [2.05, 4.69) is 77.9 Å². The van der Waals surface area contributed by atoms with Crippen molar-refractivity contribution in [1.29, 1.82) is 0 Å². The summed E-state index contributed by atoms with van der Waals surface area (Å²) in [4.78, 5) is 0. The van der Waals surface area contributed by atoms with Crippen LogP contribution in [-0.2, 0) is 0 Å². The van der Waals surface area contributed by atoms with Gasteiger partial charge in [0.25, 0.3) is 0 Å². The molecule has 0 aliphatic heterocycles. The van der Waals surface area contributed by atoms with Gasteiger partial charge in [0.2, 0.25) is 0 Å². The Kier molecular flexibility index (Phi) is 10.9. The van der Waals surface area contributed by atoms with Crippen molar-refractivity contribution in [2.24, 2.45) is 0 Å². The number of benzene rings is 2. The predicted octanol–water partition coefficient (Wildman–Crippen LogP) is 7.96. The predicted molar refractivity (Wildman–Crippen MR) is 138 cm³/mol. The van der Waals surface area contributed by atoms with Gasteiger partial charge in [0, 0.05) is 11.8 Å². The van der Waals surface area contributed by atoms with Crippen molar-refractivity contribution in [1.82, 2.24) is 0 Å². The van der Waals surface area contributed by atoms with E-state index in [4.69, 9.17) is 32.7 Å². The number of alkyl halides is 2. The Morgan fingerprint density at radius 2 is 1.10 bits per heavy atom. The summed E-state index contributed by atoms with van der Waals surface area (Å²) in [7, 11) is 0. The van der Waals surface area contributed by atoms with E-state index in [9.17, 15) is 0 Å². The van der Waals surface area contributed by atoms with E-state index in [0.717, 1.165) is 11.5 Å². The summed E-state index contributed by atoms with van der Waals surface area (Å²) >= 11 is 14.3. The van der Waals surface area contributed by atoms with Crippen molar-refractivity contribution in [3.63, 3.8) is 0 Å². The molecule has 0 unspecified atom stereocenters. The lowest BCUT2D eigenvalue weighted by Gasteiger charge is -2.23. The van der Waals surface area contributed by atoms with Crippen LogP contribution in [-0.4, -0.2) is 35.5 Å². The fraction of sp³-hybridized carbons (Fsp3) is 0.538. The van der Waals surface area contributed by atoms with Crippen LogP contribution in [0.3, 0.4) is 0 Å². The minimum Gasteiger partial charge on any atom is -0.492 e. The van der Waals surface area contributed by atoms with Crippen molar-refractivity contribution in [2.75, 3.05) is 25.0 Å². The Morgan fingerprint density at radius 1 is 0.710 bits per heavy atom. The zero-order valence-corrected chi connectivity index (χ0v) is 21.9. The number of hydrogen-bond donors (Lipinski definition) is 0. The average Bonchev–Trinajstić information content (AvgIpc) is 2.73. The molecule has 0 amide bonds. The molecule has 0 spiro atoms. The van der Waals surface area contributed by atoms with Crippen LogP contribution in [0.25, 0.3) is 0 Å². The lowest BCUT2D eigenvalue weighted by atomic mass is 10.0.